The van der Waals surface area contributed by atoms with E-state index in [1.165, 1.54) is 12.0 Å². The molecule has 0 radical (unpaired) electrons. The number of hydrogen-bond acceptors (Lipinski definition) is 4. The van der Waals surface area contributed by atoms with Gasteiger partial charge in [0, 0.05) is 23.5 Å². The van der Waals surface area contributed by atoms with E-state index in [2.05, 4.69) is 16.3 Å². The first-order valence-corrected chi connectivity index (χ1v) is 9.67. The van der Waals surface area contributed by atoms with Gasteiger partial charge in [-0.15, -0.1) is 0 Å². The first kappa shape index (κ1) is 14.2. The van der Waals surface area contributed by atoms with Crippen LogP contribution in [0.1, 0.15) is 24.8 Å². The summed E-state index contributed by atoms with van der Waals surface area (Å²) in [5.74, 6) is 0. The lowest BCUT2D eigenvalue weighted by molar-refractivity contribution is 0.362. The van der Waals surface area contributed by atoms with Crippen LogP contribution < -0.4 is 10.0 Å². The maximum absolute atomic E-state index is 12.4. The molecule has 0 spiro atoms. The predicted molar refractivity (Wildman–Crippen MR) is 83.9 cm³/mol. The van der Waals surface area contributed by atoms with Crippen LogP contribution in [-0.4, -0.2) is 32.5 Å². The van der Waals surface area contributed by atoms with E-state index in [-0.39, 0.29) is 4.75 Å². The lowest BCUT2D eigenvalue weighted by Crippen LogP contribution is -2.45. The first-order chi connectivity index (χ1) is 9.55. The Morgan fingerprint density at radius 3 is 2.85 bits per heavy atom. The highest BCUT2D eigenvalue weighted by molar-refractivity contribution is 8.00. The van der Waals surface area contributed by atoms with Crippen molar-refractivity contribution < 1.29 is 8.42 Å². The number of sulfonamides is 1. The number of anilines is 1. The SMILES string of the molecule is CSC1(CNS(=O)(=O)c2ccc3c(c2)NCC3)CCC1. The van der Waals surface area contributed by atoms with Crippen LogP contribution in [0, 0.1) is 0 Å². The molecule has 20 heavy (non-hydrogen) atoms. The molecule has 2 aliphatic rings. The quantitative estimate of drug-likeness (QED) is 0.875. The van der Waals surface area contributed by atoms with Crippen molar-refractivity contribution in [2.45, 2.75) is 35.3 Å². The minimum atomic E-state index is -3.40. The standard InChI is InChI=1S/C14H20N2O2S2/c1-19-14(6-2-7-14)10-16-20(17,18)12-4-3-11-5-8-15-13(11)9-12/h3-4,9,15-16H,2,5-8,10H2,1H3. The van der Waals surface area contributed by atoms with Crippen molar-refractivity contribution in [3.05, 3.63) is 23.8 Å². The van der Waals surface area contributed by atoms with Gasteiger partial charge in [-0.2, -0.15) is 11.8 Å². The van der Waals surface area contributed by atoms with Gasteiger partial charge in [0.25, 0.3) is 0 Å². The van der Waals surface area contributed by atoms with Crippen LogP contribution in [0.3, 0.4) is 0 Å². The fourth-order valence-electron chi connectivity index (χ4n) is 2.77. The lowest BCUT2D eigenvalue weighted by atomic mass is 9.84. The van der Waals surface area contributed by atoms with Crippen molar-refractivity contribution in [2.24, 2.45) is 0 Å². The van der Waals surface area contributed by atoms with Crippen LogP contribution in [0.4, 0.5) is 5.69 Å². The maximum Gasteiger partial charge on any atom is 0.240 e. The summed E-state index contributed by atoms with van der Waals surface area (Å²) >= 11 is 1.78. The summed E-state index contributed by atoms with van der Waals surface area (Å²) in [6.45, 7) is 1.42. The third-order valence-electron chi connectivity index (χ3n) is 4.38. The number of nitrogens with one attached hydrogen (secondary N) is 2. The van der Waals surface area contributed by atoms with Crippen molar-refractivity contribution in [1.29, 1.82) is 0 Å². The number of thioether (sulfide) groups is 1. The average molecular weight is 312 g/mol. The van der Waals surface area contributed by atoms with Crippen molar-refractivity contribution in [2.75, 3.05) is 24.7 Å². The van der Waals surface area contributed by atoms with Crippen molar-refractivity contribution in [3.8, 4) is 0 Å². The summed E-state index contributed by atoms with van der Waals surface area (Å²) < 4.78 is 27.7. The monoisotopic (exact) mass is 312 g/mol. The highest BCUT2D eigenvalue weighted by Crippen LogP contribution is 2.42. The molecule has 6 heteroatoms. The third-order valence-corrected chi connectivity index (χ3v) is 7.20. The van der Waals surface area contributed by atoms with Gasteiger partial charge >= 0.3 is 0 Å². The molecule has 1 aromatic carbocycles. The molecule has 1 heterocycles. The molecule has 3 rings (SSSR count). The van der Waals surface area contributed by atoms with Gasteiger partial charge in [-0.25, -0.2) is 13.1 Å². The molecule has 1 aliphatic carbocycles. The summed E-state index contributed by atoms with van der Waals surface area (Å²) in [4.78, 5) is 0.362. The van der Waals surface area contributed by atoms with Crippen molar-refractivity contribution in [1.82, 2.24) is 4.72 Å². The second kappa shape index (κ2) is 5.24. The van der Waals surface area contributed by atoms with Crippen LogP contribution in [-0.2, 0) is 16.4 Å². The van der Waals surface area contributed by atoms with Gasteiger partial charge in [0.1, 0.15) is 0 Å². The Labute approximate surface area is 124 Å². The number of rotatable bonds is 5. The molecule has 4 nitrogen and oxygen atoms in total. The van der Waals surface area contributed by atoms with Gasteiger partial charge in [0.05, 0.1) is 4.90 Å². The number of benzene rings is 1. The Balaban J connectivity index is 1.75. The topological polar surface area (TPSA) is 58.2 Å². The van der Waals surface area contributed by atoms with E-state index in [0.717, 1.165) is 31.5 Å². The van der Waals surface area contributed by atoms with Gasteiger partial charge in [-0.1, -0.05) is 12.5 Å². The molecule has 1 aromatic rings. The number of hydrogen-bond donors (Lipinski definition) is 2. The van der Waals surface area contributed by atoms with E-state index in [4.69, 9.17) is 0 Å². The highest BCUT2D eigenvalue weighted by Gasteiger charge is 2.37. The minimum absolute atomic E-state index is 0.113. The third kappa shape index (κ3) is 2.56. The second-order valence-corrected chi connectivity index (χ2v) is 8.60. The smallest absolute Gasteiger partial charge is 0.240 e. The van der Waals surface area contributed by atoms with Crippen molar-refractivity contribution in [3.63, 3.8) is 0 Å². The lowest BCUT2D eigenvalue weighted by Gasteiger charge is -2.40. The van der Waals surface area contributed by atoms with Gasteiger partial charge in [0.15, 0.2) is 0 Å². The summed E-state index contributed by atoms with van der Waals surface area (Å²) in [5.41, 5.74) is 2.15. The van der Waals surface area contributed by atoms with E-state index in [1.807, 2.05) is 6.07 Å². The highest BCUT2D eigenvalue weighted by atomic mass is 32.2. The summed E-state index contributed by atoms with van der Waals surface area (Å²) in [6.07, 6.45) is 6.43. The molecule has 0 unspecified atom stereocenters. The molecule has 110 valence electrons. The van der Waals surface area contributed by atoms with Crippen LogP contribution in [0.5, 0.6) is 0 Å². The fourth-order valence-corrected chi connectivity index (χ4v) is 4.93. The summed E-state index contributed by atoms with van der Waals surface area (Å²) in [6, 6.07) is 5.37. The minimum Gasteiger partial charge on any atom is -0.384 e. The van der Waals surface area contributed by atoms with E-state index < -0.39 is 10.0 Å². The Hall–Kier alpha value is -0.720. The van der Waals surface area contributed by atoms with Gasteiger partial charge in [0.2, 0.25) is 10.0 Å². The zero-order chi connectivity index (χ0) is 14.2. The molecule has 0 amide bonds. The van der Waals surface area contributed by atoms with E-state index >= 15 is 0 Å². The first-order valence-electron chi connectivity index (χ1n) is 6.96. The van der Waals surface area contributed by atoms with Crippen LogP contribution in [0.15, 0.2) is 23.1 Å². The fraction of sp³-hybridized carbons (Fsp3) is 0.571. The summed E-state index contributed by atoms with van der Waals surface area (Å²) in [7, 11) is -3.40. The largest absolute Gasteiger partial charge is 0.384 e. The normalized spacial score (nSPS) is 20.1. The molecule has 1 aliphatic heterocycles. The van der Waals surface area contributed by atoms with Gasteiger partial charge in [-0.05, 0) is 43.2 Å². The Bertz CT molecular complexity index is 604. The molecule has 0 atom stereocenters. The van der Waals surface area contributed by atoms with E-state index in [0.29, 0.717) is 11.4 Å². The molecule has 0 saturated heterocycles. The van der Waals surface area contributed by atoms with Gasteiger partial charge in [-0.3, -0.25) is 0 Å². The molecule has 1 saturated carbocycles. The van der Waals surface area contributed by atoms with Crippen LogP contribution in [0.25, 0.3) is 0 Å². The Morgan fingerprint density at radius 1 is 1.40 bits per heavy atom. The molecule has 1 fully saturated rings. The van der Waals surface area contributed by atoms with Crippen LogP contribution >= 0.6 is 11.8 Å². The molecular weight excluding hydrogens is 292 g/mol. The van der Waals surface area contributed by atoms with Crippen molar-refractivity contribution >= 4 is 27.5 Å². The molecular formula is C14H20N2O2S2. The summed E-state index contributed by atoms with van der Waals surface area (Å²) in [5, 5.41) is 3.22. The predicted octanol–water partition coefficient (Wildman–Crippen LogP) is 2.22. The maximum atomic E-state index is 12.4. The second-order valence-electron chi connectivity index (χ2n) is 5.56. The Kier molecular flexibility index (Phi) is 3.73. The van der Waals surface area contributed by atoms with Crippen LogP contribution in [0.2, 0.25) is 0 Å². The molecule has 2 N–H and O–H groups in total. The average Bonchev–Trinajstić information content (AvgIpc) is 2.85. The Morgan fingerprint density at radius 2 is 2.20 bits per heavy atom. The zero-order valence-corrected chi connectivity index (χ0v) is 13.2. The van der Waals surface area contributed by atoms with E-state index in [1.54, 1.807) is 23.9 Å². The molecule has 0 aromatic heterocycles. The number of fused-ring (bicyclic) bond motifs is 1. The zero-order valence-electron chi connectivity index (χ0n) is 11.6. The van der Waals surface area contributed by atoms with Gasteiger partial charge < -0.3 is 5.32 Å². The van der Waals surface area contributed by atoms with E-state index in [9.17, 15) is 8.42 Å². The molecule has 0 bridgehead atoms.